The van der Waals surface area contributed by atoms with Crippen LogP contribution in [0.1, 0.15) is 29.1 Å². The lowest BCUT2D eigenvalue weighted by molar-refractivity contribution is 0.0244. The Balaban J connectivity index is 1.44. The number of amides is 1. The van der Waals surface area contributed by atoms with E-state index in [0.29, 0.717) is 59.2 Å². The summed E-state index contributed by atoms with van der Waals surface area (Å²) in [5.41, 5.74) is 4.92. The first-order valence-corrected chi connectivity index (χ1v) is 12.7. The van der Waals surface area contributed by atoms with Gasteiger partial charge in [0.1, 0.15) is 23.0 Å². The molecule has 3 N–H and O–H groups in total. The van der Waals surface area contributed by atoms with Crippen LogP contribution in [0.25, 0.3) is 33.3 Å². The van der Waals surface area contributed by atoms with Crippen molar-refractivity contribution in [2.24, 2.45) is 0 Å². The van der Waals surface area contributed by atoms with Gasteiger partial charge in [-0.25, -0.2) is 4.98 Å². The van der Waals surface area contributed by atoms with E-state index in [1.165, 1.54) is 0 Å². The lowest BCUT2D eigenvalue weighted by Crippen LogP contribution is -2.26. The summed E-state index contributed by atoms with van der Waals surface area (Å²) >= 11 is 0. The number of aromatic nitrogens is 4. The van der Waals surface area contributed by atoms with Gasteiger partial charge in [0.15, 0.2) is 11.5 Å². The Morgan fingerprint density at radius 3 is 2.74 bits per heavy atom. The van der Waals surface area contributed by atoms with Gasteiger partial charge < -0.3 is 34.2 Å². The number of H-pyrrole nitrogens is 1. The van der Waals surface area contributed by atoms with Gasteiger partial charge in [-0.15, -0.1) is 0 Å². The number of hydrogen-bond donors (Lipinski definition) is 3. The maximum Gasteiger partial charge on any atom is 0.251 e. The number of aromatic amines is 1. The van der Waals surface area contributed by atoms with Gasteiger partial charge in [-0.2, -0.15) is 9.97 Å². The largest absolute Gasteiger partial charge is 0.495 e. The van der Waals surface area contributed by atoms with E-state index in [9.17, 15) is 4.79 Å². The number of ether oxygens (including phenoxy) is 3. The standard InChI is InChI=1S/C28H28N6O5/c1-15-31-20-6-4-16(13-23(20)38-15)19-14-30-25-24(19)27(39-18-8-10-37-11-9-18)34-28(33-25)32-21-12-17(26(35)29-2)5-7-22(21)36-3/h4-7,12-14,18H,8-11H2,1-3H3,(H,29,35)(H2,30,32,33,34). The molecule has 200 valence electrons. The molecule has 3 aromatic heterocycles. The van der Waals surface area contributed by atoms with Gasteiger partial charge in [0.25, 0.3) is 5.91 Å². The molecule has 0 aliphatic carbocycles. The summed E-state index contributed by atoms with van der Waals surface area (Å²) in [5.74, 6) is 1.68. The molecule has 1 amide bonds. The fourth-order valence-electron chi connectivity index (χ4n) is 4.74. The Bertz CT molecular complexity index is 1670. The van der Waals surface area contributed by atoms with Crippen LogP contribution in [-0.4, -0.2) is 59.3 Å². The highest BCUT2D eigenvalue weighted by Gasteiger charge is 2.23. The monoisotopic (exact) mass is 528 g/mol. The number of oxazole rings is 1. The summed E-state index contributed by atoms with van der Waals surface area (Å²) < 4.78 is 23.3. The molecule has 11 heteroatoms. The van der Waals surface area contributed by atoms with Crippen molar-refractivity contribution in [3.63, 3.8) is 0 Å². The fourth-order valence-corrected chi connectivity index (χ4v) is 4.74. The van der Waals surface area contributed by atoms with Crippen LogP contribution >= 0.6 is 0 Å². The summed E-state index contributed by atoms with van der Waals surface area (Å²) in [6, 6.07) is 11.0. The van der Waals surface area contributed by atoms with Gasteiger partial charge in [-0.3, -0.25) is 4.79 Å². The van der Waals surface area contributed by atoms with E-state index in [1.807, 2.05) is 31.3 Å². The van der Waals surface area contributed by atoms with Gasteiger partial charge in [-0.05, 0) is 35.9 Å². The number of nitrogens with zero attached hydrogens (tertiary/aromatic N) is 3. The van der Waals surface area contributed by atoms with E-state index >= 15 is 0 Å². The molecule has 1 aliphatic heterocycles. The molecular formula is C28H28N6O5. The van der Waals surface area contributed by atoms with Crippen LogP contribution in [0.5, 0.6) is 11.6 Å². The van der Waals surface area contributed by atoms with Crippen molar-refractivity contribution < 1.29 is 23.4 Å². The molecular weight excluding hydrogens is 500 g/mol. The molecule has 0 atom stereocenters. The van der Waals surface area contributed by atoms with Crippen LogP contribution in [0.2, 0.25) is 0 Å². The van der Waals surface area contributed by atoms with E-state index in [0.717, 1.165) is 34.9 Å². The van der Waals surface area contributed by atoms with E-state index in [-0.39, 0.29) is 12.0 Å². The Morgan fingerprint density at radius 1 is 1.10 bits per heavy atom. The summed E-state index contributed by atoms with van der Waals surface area (Å²) in [4.78, 5) is 29.4. The normalized spacial score (nSPS) is 14.0. The molecule has 0 saturated carbocycles. The number of carbonyl (C=O) groups excluding carboxylic acids is 1. The Kier molecular flexibility index (Phi) is 6.49. The molecule has 0 bridgehead atoms. The Hall–Kier alpha value is -4.64. The zero-order valence-corrected chi connectivity index (χ0v) is 21.8. The van der Waals surface area contributed by atoms with Crippen molar-refractivity contribution in [1.82, 2.24) is 25.3 Å². The molecule has 6 rings (SSSR count). The van der Waals surface area contributed by atoms with Crippen LogP contribution in [0, 0.1) is 6.92 Å². The van der Waals surface area contributed by atoms with Crippen molar-refractivity contribution in [3.05, 3.63) is 54.0 Å². The number of methoxy groups -OCH3 is 1. The van der Waals surface area contributed by atoms with E-state index in [1.54, 1.807) is 32.4 Å². The molecule has 4 heterocycles. The summed E-state index contributed by atoms with van der Waals surface area (Å²) in [6.45, 7) is 3.09. The second-order valence-electron chi connectivity index (χ2n) is 9.24. The van der Waals surface area contributed by atoms with Gasteiger partial charge in [-0.1, -0.05) is 6.07 Å². The minimum atomic E-state index is -0.214. The number of benzene rings is 2. The number of carbonyl (C=O) groups is 1. The third-order valence-corrected chi connectivity index (χ3v) is 6.69. The fraction of sp³-hybridized carbons (Fsp3) is 0.286. The first-order valence-electron chi connectivity index (χ1n) is 12.7. The molecule has 0 spiro atoms. The SMILES string of the molecule is CNC(=O)c1ccc(OC)c(Nc2nc(OC3CCOCC3)c3c(-c4ccc5nc(C)oc5c4)c[nH]c3n2)c1. The topological polar surface area (TPSA) is 136 Å². The molecule has 2 aromatic carbocycles. The molecule has 0 unspecified atom stereocenters. The van der Waals surface area contributed by atoms with Gasteiger partial charge in [0, 0.05) is 44.1 Å². The first-order chi connectivity index (χ1) is 19.0. The maximum absolute atomic E-state index is 12.2. The summed E-state index contributed by atoms with van der Waals surface area (Å²) in [5, 5.41) is 6.61. The summed E-state index contributed by atoms with van der Waals surface area (Å²) in [7, 11) is 3.15. The smallest absolute Gasteiger partial charge is 0.251 e. The first kappa shape index (κ1) is 24.7. The lowest BCUT2D eigenvalue weighted by Gasteiger charge is -2.23. The van der Waals surface area contributed by atoms with Gasteiger partial charge >= 0.3 is 0 Å². The van der Waals surface area contributed by atoms with Crippen LogP contribution < -0.4 is 20.1 Å². The van der Waals surface area contributed by atoms with Crippen molar-refractivity contribution in [2.45, 2.75) is 25.9 Å². The highest BCUT2D eigenvalue weighted by Crippen LogP contribution is 2.37. The third-order valence-electron chi connectivity index (χ3n) is 6.69. The van der Waals surface area contributed by atoms with Crippen LogP contribution in [0.15, 0.2) is 47.0 Å². The predicted octanol–water partition coefficient (Wildman–Crippen LogP) is 4.74. The number of aryl methyl sites for hydroxylation is 1. The molecule has 39 heavy (non-hydrogen) atoms. The van der Waals surface area contributed by atoms with E-state index in [4.69, 9.17) is 28.6 Å². The minimum Gasteiger partial charge on any atom is -0.495 e. The molecule has 1 aliphatic rings. The molecule has 5 aromatic rings. The van der Waals surface area contributed by atoms with Crippen LogP contribution in [0.4, 0.5) is 11.6 Å². The van der Waals surface area contributed by atoms with Crippen LogP contribution in [-0.2, 0) is 4.74 Å². The average Bonchev–Trinajstić information content (AvgIpc) is 3.55. The molecule has 11 nitrogen and oxygen atoms in total. The quantitative estimate of drug-likeness (QED) is 0.273. The molecule has 1 saturated heterocycles. The Labute approximate surface area is 223 Å². The van der Waals surface area contributed by atoms with E-state index in [2.05, 4.69) is 20.6 Å². The zero-order chi connectivity index (χ0) is 26.9. The van der Waals surface area contributed by atoms with Crippen molar-refractivity contribution >= 4 is 39.7 Å². The van der Waals surface area contributed by atoms with E-state index < -0.39 is 0 Å². The number of fused-ring (bicyclic) bond motifs is 2. The number of hydrogen-bond acceptors (Lipinski definition) is 9. The van der Waals surface area contributed by atoms with Gasteiger partial charge in [0.05, 0.1) is 31.4 Å². The lowest BCUT2D eigenvalue weighted by atomic mass is 10.1. The van der Waals surface area contributed by atoms with Crippen molar-refractivity contribution in [1.29, 1.82) is 0 Å². The molecule has 1 fully saturated rings. The third kappa shape index (κ3) is 4.84. The van der Waals surface area contributed by atoms with Crippen LogP contribution in [0.3, 0.4) is 0 Å². The zero-order valence-electron chi connectivity index (χ0n) is 21.8. The average molecular weight is 529 g/mol. The number of nitrogens with one attached hydrogen (secondary N) is 3. The minimum absolute atomic E-state index is 0.0435. The predicted molar refractivity (Wildman–Crippen MR) is 146 cm³/mol. The second-order valence-corrected chi connectivity index (χ2v) is 9.24. The molecule has 0 radical (unpaired) electrons. The highest BCUT2D eigenvalue weighted by molar-refractivity contribution is 5.99. The second kappa shape index (κ2) is 10.3. The summed E-state index contributed by atoms with van der Waals surface area (Å²) in [6.07, 6.45) is 3.37. The van der Waals surface area contributed by atoms with Crippen molar-refractivity contribution in [3.8, 4) is 22.8 Å². The maximum atomic E-state index is 12.2. The highest BCUT2D eigenvalue weighted by atomic mass is 16.5. The van der Waals surface area contributed by atoms with Crippen molar-refractivity contribution in [2.75, 3.05) is 32.7 Å². The number of rotatable bonds is 7. The van der Waals surface area contributed by atoms with Gasteiger partial charge in [0.2, 0.25) is 11.8 Å². The Morgan fingerprint density at radius 2 is 1.95 bits per heavy atom. The number of anilines is 2.